The number of aromatic nitrogens is 1. The van der Waals surface area contributed by atoms with Crippen LogP contribution in [-0.4, -0.2) is 10.1 Å². The molecule has 2 aromatic rings. The average Bonchev–Trinajstić information content (AvgIpc) is 2.71. The van der Waals surface area contributed by atoms with Crippen LogP contribution in [0.3, 0.4) is 0 Å². The second-order valence-corrected chi connectivity index (χ2v) is 5.56. The van der Waals surface area contributed by atoms with Gasteiger partial charge in [-0.3, -0.25) is 0 Å². The molecule has 0 bridgehead atoms. The maximum atomic E-state index is 9.06. The van der Waals surface area contributed by atoms with Crippen molar-refractivity contribution in [2.24, 2.45) is 0 Å². The van der Waals surface area contributed by atoms with Crippen LogP contribution in [0.4, 0.5) is 0 Å². The Balaban J connectivity index is 2.42. The van der Waals surface area contributed by atoms with Crippen LogP contribution in [0.15, 0.2) is 22.0 Å². The molecule has 2 rings (SSSR count). The Morgan fingerprint density at radius 1 is 1.50 bits per heavy atom. The minimum absolute atomic E-state index is 0.0921. The second kappa shape index (κ2) is 3.88. The first-order valence-corrected chi connectivity index (χ1v) is 5.86. The summed E-state index contributed by atoms with van der Waals surface area (Å²) >= 11 is 5.10. The molecule has 2 nitrogen and oxygen atoms in total. The smallest absolute Gasteiger partial charge is 0.0705 e. The summed E-state index contributed by atoms with van der Waals surface area (Å²) in [4.78, 5) is 4.44. The Bertz CT molecular complexity index is 447. The molecule has 2 heterocycles. The van der Waals surface area contributed by atoms with Gasteiger partial charge in [-0.25, -0.2) is 0 Å². The quantitative estimate of drug-likeness (QED) is 0.864. The van der Waals surface area contributed by atoms with E-state index in [9.17, 15) is 0 Å². The molecule has 74 valence electrons. The van der Waals surface area contributed by atoms with E-state index in [4.69, 9.17) is 5.11 Å². The lowest BCUT2D eigenvalue weighted by Crippen LogP contribution is -1.81. The number of thiophene rings is 1. The van der Waals surface area contributed by atoms with Gasteiger partial charge in [-0.15, -0.1) is 11.3 Å². The molecule has 14 heavy (non-hydrogen) atoms. The molecular weight excluding hydrogens is 262 g/mol. The second-order valence-electron chi connectivity index (χ2n) is 3.10. The number of aliphatic hydroxyl groups is 1. The lowest BCUT2D eigenvalue weighted by molar-refractivity contribution is 0.281. The van der Waals surface area contributed by atoms with Gasteiger partial charge >= 0.3 is 0 Å². The van der Waals surface area contributed by atoms with Crippen molar-refractivity contribution in [2.45, 2.75) is 13.5 Å². The minimum atomic E-state index is 0.0921. The highest BCUT2D eigenvalue weighted by Gasteiger charge is 2.07. The number of aliphatic hydroxyl groups excluding tert-OH is 1. The number of rotatable bonds is 2. The topological polar surface area (TPSA) is 36.0 Å². The molecule has 4 heteroatoms. The maximum absolute atomic E-state index is 9.06. The van der Waals surface area contributed by atoms with Crippen LogP contribution in [0.2, 0.25) is 0 Å². The first-order chi connectivity index (χ1) is 6.70. The van der Waals surface area contributed by atoms with E-state index in [0.717, 1.165) is 20.7 Å². The van der Waals surface area contributed by atoms with Gasteiger partial charge in [0, 0.05) is 5.69 Å². The van der Waals surface area contributed by atoms with Gasteiger partial charge in [-0.1, -0.05) is 0 Å². The van der Waals surface area contributed by atoms with Gasteiger partial charge in [0.25, 0.3) is 0 Å². The number of nitrogens with one attached hydrogen (secondary N) is 1. The maximum Gasteiger partial charge on any atom is 0.0705 e. The molecule has 0 atom stereocenters. The largest absolute Gasteiger partial charge is 0.392 e. The molecule has 0 amide bonds. The molecule has 0 aliphatic heterocycles. The van der Waals surface area contributed by atoms with Crippen LogP contribution < -0.4 is 0 Å². The Hall–Kier alpha value is -0.580. The summed E-state index contributed by atoms with van der Waals surface area (Å²) in [5, 5.41) is 9.06. The third-order valence-electron chi connectivity index (χ3n) is 2.13. The number of H-pyrrole nitrogens is 1. The number of hydrogen-bond donors (Lipinski definition) is 2. The van der Waals surface area contributed by atoms with Crippen molar-refractivity contribution in [1.29, 1.82) is 0 Å². The number of aryl methyl sites for hydroxylation is 1. The number of aromatic amines is 1. The van der Waals surface area contributed by atoms with Crippen molar-refractivity contribution in [3.8, 4) is 10.6 Å². The molecule has 2 N–H and O–H groups in total. The molecule has 0 saturated carbocycles. The third-order valence-corrected chi connectivity index (χ3v) is 3.79. The summed E-state index contributed by atoms with van der Waals surface area (Å²) in [7, 11) is 0. The van der Waals surface area contributed by atoms with Crippen molar-refractivity contribution in [1.82, 2.24) is 4.98 Å². The standard InChI is InChI=1S/C10H10BrNOS/c1-6-7(5-13)4-8(12-6)9-2-3-10(11)14-9/h2-4,12-13H,5H2,1H3. The SMILES string of the molecule is Cc1[nH]c(-c2ccc(Br)s2)cc1CO. The Labute approximate surface area is 94.7 Å². The van der Waals surface area contributed by atoms with Crippen LogP contribution >= 0.6 is 27.3 Å². The van der Waals surface area contributed by atoms with E-state index in [2.05, 4.69) is 27.0 Å². The van der Waals surface area contributed by atoms with E-state index < -0.39 is 0 Å². The van der Waals surface area contributed by atoms with Crippen LogP contribution in [0.1, 0.15) is 11.3 Å². The monoisotopic (exact) mass is 271 g/mol. The normalized spacial score (nSPS) is 10.8. The fourth-order valence-electron chi connectivity index (χ4n) is 1.36. The zero-order valence-corrected chi connectivity index (χ0v) is 10.1. The predicted octanol–water partition coefficient (Wildman–Crippen LogP) is 3.31. The summed E-state index contributed by atoms with van der Waals surface area (Å²) in [6.07, 6.45) is 0. The van der Waals surface area contributed by atoms with Crippen LogP contribution in [0.5, 0.6) is 0 Å². The summed E-state index contributed by atoms with van der Waals surface area (Å²) in [6.45, 7) is 2.06. The van der Waals surface area contributed by atoms with Crippen LogP contribution in [0.25, 0.3) is 10.6 Å². The van der Waals surface area contributed by atoms with Gasteiger partial charge in [-0.05, 0) is 46.6 Å². The van der Waals surface area contributed by atoms with Gasteiger partial charge in [-0.2, -0.15) is 0 Å². The summed E-state index contributed by atoms with van der Waals surface area (Å²) in [5.74, 6) is 0. The van der Waals surface area contributed by atoms with Gasteiger partial charge in [0.1, 0.15) is 0 Å². The van der Waals surface area contributed by atoms with Gasteiger partial charge in [0.05, 0.1) is 21.0 Å². The third kappa shape index (κ3) is 1.78. The van der Waals surface area contributed by atoms with Gasteiger partial charge in [0.15, 0.2) is 0 Å². The van der Waals surface area contributed by atoms with Gasteiger partial charge < -0.3 is 10.1 Å². The zero-order chi connectivity index (χ0) is 10.1. The zero-order valence-electron chi connectivity index (χ0n) is 7.67. The summed E-state index contributed by atoms with van der Waals surface area (Å²) in [5.41, 5.74) is 3.07. The van der Waals surface area contributed by atoms with Gasteiger partial charge in [0.2, 0.25) is 0 Å². The number of halogens is 1. The Morgan fingerprint density at radius 3 is 2.79 bits per heavy atom. The van der Waals surface area contributed by atoms with Crippen molar-refractivity contribution < 1.29 is 5.11 Å². The summed E-state index contributed by atoms with van der Waals surface area (Å²) in [6, 6.07) is 6.07. The van der Waals surface area contributed by atoms with Crippen LogP contribution in [-0.2, 0) is 6.61 Å². The first-order valence-electron chi connectivity index (χ1n) is 4.26. The van der Waals surface area contributed by atoms with E-state index >= 15 is 0 Å². The molecule has 0 aromatic carbocycles. The highest BCUT2D eigenvalue weighted by molar-refractivity contribution is 9.11. The molecular formula is C10H10BrNOS. The van der Waals surface area contributed by atoms with Crippen LogP contribution in [0, 0.1) is 6.92 Å². The van der Waals surface area contributed by atoms with Crippen molar-refractivity contribution >= 4 is 27.3 Å². The molecule has 0 saturated heterocycles. The molecule has 0 spiro atoms. The average molecular weight is 272 g/mol. The molecule has 0 aliphatic carbocycles. The Kier molecular flexibility index (Phi) is 2.76. The lowest BCUT2D eigenvalue weighted by Gasteiger charge is -1.89. The van der Waals surface area contributed by atoms with E-state index in [-0.39, 0.29) is 6.61 Å². The van der Waals surface area contributed by atoms with E-state index in [1.165, 1.54) is 4.88 Å². The Morgan fingerprint density at radius 2 is 2.29 bits per heavy atom. The molecule has 2 aromatic heterocycles. The molecule has 0 unspecified atom stereocenters. The lowest BCUT2D eigenvalue weighted by atomic mass is 10.2. The number of hydrogen-bond acceptors (Lipinski definition) is 2. The predicted molar refractivity (Wildman–Crippen MR) is 62.5 cm³/mol. The van der Waals surface area contributed by atoms with E-state index in [1.807, 2.05) is 19.1 Å². The first kappa shape index (κ1) is 9.96. The van der Waals surface area contributed by atoms with E-state index in [0.29, 0.717) is 0 Å². The fraction of sp³-hybridized carbons (Fsp3) is 0.200. The molecule has 0 fully saturated rings. The minimum Gasteiger partial charge on any atom is -0.392 e. The molecule has 0 aliphatic rings. The highest BCUT2D eigenvalue weighted by atomic mass is 79.9. The molecule has 0 radical (unpaired) electrons. The highest BCUT2D eigenvalue weighted by Crippen LogP contribution is 2.31. The van der Waals surface area contributed by atoms with Crippen molar-refractivity contribution in [3.63, 3.8) is 0 Å². The summed E-state index contributed by atoms with van der Waals surface area (Å²) < 4.78 is 1.12. The fourth-order valence-corrected chi connectivity index (χ4v) is 2.71. The van der Waals surface area contributed by atoms with Crippen molar-refractivity contribution in [2.75, 3.05) is 0 Å². The van der Waals surface area contributed by atoms with Crippen molar-refractivity contribution in [3.05, 3.63) is 33.2 Å². The van der Waals surface area contributed by atoms with E-state index in [1.54, 1.807) is 11.3 Å².